The molecule has 32 heavy (non-hydrogen) atoms. The molecule has 0 bridgehead atoms. The van der Waals surface area contributed by atoms with Gasteiger partial charge in [0.1, 0.15) is 0 Å². The number of halogens is 2. The monoisotopic (exact) mass is 439 g/mol. The van der Waals surface area contributed by atoms with Crippen molar-refractivity contribution in [3.05, 3.63) is 70.5 Å². The van der Waals surface area contributed by atoms with Crippen LogP contribution >= 0.6 is 0 Å². The van der Waals surface area contributed by atoms with Gasteiger partial charge in [-0.3, -0.25) is 9.13 Å². The van der Waals surface area contributed by atoms with Crippen LogP contribution in [0.25, 0.3) is 22.5 Å². The topological polar surface area (TPSA) is 77.9 Å². The lowest BCUT2D eigenvalue weighted by molar-refractivity contribution is 0.116. The largest absolute Gasteiger partial charge is 0.415 e. The van der Waals surface area contributed by atoms with Gasteiger partial charge in [-0.1, -0.05) is 24.3 Å². The summed E-state index contributed by atoms with van der Waals surface area (Å²) in [7, 11) is 0. The van der Waals surface area contributed by atoms with E-state index in [0.29, 0.717) is 18.0 Å². The van der Waals surface area contributed by atoms with Gasteiger partial charge < -0.3 is 9.73 Å². The van der Waals surface area contributed by atoms with Crippen LogP contribution in [0.15, 0.2) is 57.7 Å². The molecule has 0 spiro atoms. The lowest BCUT2D eigenvalue weighted by atomic mass is 9.98. The molecular weight excluding hydrogens is 416 g/mol. The van der Waals surface area contributed by atoms with E-state index >= 15 is 0 Å². The van der Waals surface area contributed by atoms with Crippen LogP contribution in [0.4, 0.5) is 8.78 Å². The molecule has 7 nitrogen and oxygen atoms in total. The number of nitrogens with zero attached hydrogens (tertiary/aromatic N) is 4. The quantitative estimate of drug-likeness (QED) is 0.494. The average Bonchev–Trinajstić information content (AvgIpc) is 3.41. The Labute approximate surface area is 182 Å². The second-order valence-corrected chi connectivity index (χ2v) is 8.10. The number of para-hydroxylation sites is 2. The predicted octanol–water partition coefficient (Wildman–Crippen LogP) is 3.84. The highest BCUT2D eigenvalue weighted by Crippen LogP contribution is 2.24. The maximum Gasteiger partial charge on any atom is 0.329 e. The van der Waals surface area contributed by atoms with E-state index in [1.807, 2.05) is 41.0 Å². The molecule has 4 aromatic rings. The van der Waals surface area contributed by atoms with Crippen LogP contribution in [-0.4, -0.2) is 32.4 Å². The normalized spacial score (nSPS) is 15.1. The molecule has 0 amide bonds. The van der Waals surface area contributed by atoms with Gasteiger partial charge in [0.15, 0.2) is 0 Å². The minimum atomic E-state index is -2.80. The van der Waals surface area contributed by atoms with Gasteiger partial charge in [0, 0.05) is 12.1 Å². The van der Waals surface area contributed by atoms with E-state index in [1.165, 1.54) is 0 Å². The van der Waals surface area contributed by atoms with E-state index in [4.69, 9.17) is 4.42 Å². The predicted molar refractivity (Wildman–Crippen MR) is 116 cm³/mol. The summed E-state index contributed by atoms with van der Waals surface area (Å²) < 4.78 is 34.1. The summed E-state index contributed by atoms with van der Waals surface area (Å²) in [4.78, 5) is 13.3. The van der Waals surface area contributed by atoms with E-state index < -0.39 is 12.3 Å². The summed E-state index contributed by atoms with van der Waals surface area (Å²) >= 11 is 0. The van der Waals surface area contributed by atoms with Crippen molar-refractivity contribution in [2.45, 2.75) is 32.4 Å². The maximum absolute atomic E-state index is 13.3. The third kappa shape index (κ3) is 3.95. The first-order chi connectivity index (χ1) is 15.6. The first kappa shape index (κ1) is 20.6. The Hall–Kier alpha value is -3.33. The minimum absolute atomic E-state index is 0.0210. The Morgan fingerprint density at radius 3 is 2.34 bits per heavy atom. The number of benzene rings is 2. The highest BCUT2D eigenvalue weighted by Gasteiger charge is 2.20. The first-order valence-electron chi connectivity index (χ1n) is 10.7. The maximum atomic E-state index is 13.3. The summed E-state index contributed by atoms with van der Waals surface area (Å²) in [6.07, 6.45) is -0.670. The number of aromatic nitrogens is 4. The number of hydrogen-bond acceptors (Lipinski definition) is 5. The van der Waals surface area contributed by atoms with Gasteiger partial charge in [-0.25, -0.2) is 4.79 Å². The smallest absolute Gasteiger partial charge is 0.329 e. The van der Waals surface area contributed by atoms with Gasteiger partial charge in [0.25, 0.3) is 5.89 Å². The van der Waals surface area contributed by atoms with Crippen molar-refractivity contribution in [3.63, 3.8) is 0 Å². The van der Waals surface area contributed by atoms with Crippen molar-refractivity contribution in [3.8, 4) is 11.5 Å². The molecule has 3 heterocycles. The molecule has 0 saturated carbocycles. The SMILES string of the molecule is O=c1n(Cc2ccc(-c3nnc(C(F)F)o3)cc2)c2ccccc2n1CC1CCNCC1. The molecule has 2 aromatic heterocycles. The summed E-state index contributed by atoms with van der Waals surface area (Å²) in [6, 6.07) is 15.0. The zero-order valence-corrected chi connectivity index (χ0v) is 17.4. The number of fused-ring (bicyclic) bond motifs is 1. The molecular formula is C23H23F2N5O2. The molecule has 1 saturated heterocycles. The van der Waals surface area contributed by atoms with E-state index in [9.17, 15) is 13.6 Å². The van der Waals surface area contributed by atoms with E-state index in [-0.39, 0.29) is 11.6 Å². The van der Waals surface area contributed by atoms with Crippen LogP contribution in [0.1, 0.15) is 30.7 Å². The van der Waals surface area contributed by atoms with Crippen LogP contribution in [0, 0.1) is 5.92 Å². The van der Waals surface area contributed by atoms with Crippen molar-refractivity contribution in [1.29, 1.82) is 0 Å². The van der Waals surface area contributed by atoms with Gasteiger partial charge in [-0.05, 0) is 61.7 Å². The van der Waals surface area contributed by atoms with Crippen molar-refractivity contribution in [2.75, 3.05) is 13.1 Å². The number of piperidine rings is 1. The van der Waals surface area contributed by atoms with Crippen LogP contribution in [0.3, 0.4) is 0 Å². The van der Waals surface area contributed by atoms with Crippen molar-refractivity contribution in [2.24, 2.45) is 5.92 Å². The molecule has 5 rings (SSSR count). The molecule has 0 radical (unpaired) electrons. The Morgan fingerprint density at radius 2 is 1.69 bits per heavy atom. The van der Waals surface area contributed by atoms with Crippen LogP contribution in [0.2, 0.25) is 0 Å². The summed E-state index contributed by atoms with van der Waals surface area (Å²) in [5.41, 5.74) is 3.28. The van der Waals surface area contributed by atoms with Gasteiger partial charge in [-0.15, -0.1) is 10.2 Å². The average molecular weight is 439 g/mol. The molecule has 1 N–H and O–H groups in total. The third-order valence-electron chi connectivity index (χ3n) is 5.99. The van der Waals surface area contributed by atoms with Gasteiger partial charge in [-0.2, -0.15) is 8.78 Å². The third-order valence-corrected chi connectivity index (χ3v) is 5.99. The van der Waals surface area contributed by atoms with Crippen molar-refractivity contribution in [1.82, 2.24) is 24.6 Å². The molecule has 0 aliphatic carbocycles. The molecule has 1 fully saturated rings. The van der Waals surface area contributed by atoms with Crippen LogP contribution in [0.5, 0.6) is 0 Å². The second-order valence-electron chi connectivity index (χ2n) is 8.10. The Kier molecular flexibility index (Phi) is 5.57. The van der Waals surface area contributed by atoms with Crippen molar-refractivity contribution < 1.29 is 13.2 Å². The molecule has 0 unspecified atom stereocenters. The lowest BCUT2D eigenvalue weighted by Crippen LogP contribution is -2.33. The standard InChI is InChI=1S/C23H23F2N5O2/c24-20(25)22-28-27-21(32-22)17-7-5-15(6-8-17)13-29-18-3-1-2-4-19(18)30(23(29)31)14-16-9-11-26-12-10-16/h1-8,16,20,26H,9-14H2. The Balaban J connectivity index is 1.42. The molecule has 1 aliphatic rings. The lowest BCUT2D eigenvalue weighted by Gasteiger charge is -2.22. The van der Waals surface area contributed by atoms with Crippen molar-refractivity contribution >= 4 is 11.0 Å². The Bertz CT molecular complexity index is 1270. The fourth-order valence-corrected chi connectivity index (χ4v) is 4.30. The fraction of sp³-hybridized carbons (Fsp3) is 0.348. The van der Waals surface area contributed by atoms with Gasteiger partial charge in [0.2, 0.25) is 5.89 Å². The number of imidazole rings is 1. The van der Waals surface area contributed by atoms with Gasteiger partial charge >= 0.3 is 12.1 Å². The highest BCUT2D eigenvalue weighted by molar-refractivity contribution is 5.76. The van der Waals surface area contributed by atoms with E-state index in [2.05, 4.69) is 15.5 Å². The minimum Gasteiger partial charge on any atom is -0.415 e. The molecule has 2 aromatic carbocycles. The Morgan fingerprint density at radius 1 is 1.00 bits per heavy atom. The molecule has 166 valence electrons. The zero-order valence-electron chi connectivity index (χ0n) is 17.4. The fourth-order valence-electron chi connectivity index (χ4n) is 4.30. The number of rotatable bonds is 6. The molecule has 1 aliphatic heterocycles. The first-order valence-corrected chi connectivity index (χ1v) is 10.7. The highest BCUT2D eigenvalue weighted by atomic mass is 19.3. The molecule has 9 heteroatoms. The van der Waals surface area contributed by atoms with E-state index in [0.717, 1.165) is 49.1 Å². The summed E-state index contributed by atoms with van der Waals surface area (Å²) in [5, 5.41) is 10.4. The van der Waals surface area contributed by atoms with Gasteiger partial charge in [0.05, 0.1) is 17.6 Å². The second kappa shape index (κ2) is 8.66. The summed E-state index contributed by atoms with van der Waals surface area (Å²) in [6.45, 7) is 3.11. The number of nitrogens with one attached hydrogen (secondary N) is 1. The molecule has 0 atom stereocenters. The van der Waals surface area contributed by atoms with Crippen LogP contribution < -0.4 is 11.0 Å². The van der Waals surface area contributed by atoms with E-state index in [1.54, 1.807) is 16.7 Å². The number of alkyl halides is 2. The zero-order chi connectivity index (χ0) is 22.1. The number of hydrogen-bond donors (Lipinski definition) is 1. The summed E-state index contributed by atoms with van der Waals surface area (Å²) in [5.74, 6) is -0.167. The van der Waals surface area contributed by atoms with Crippen LogP contribution in [-0.2, 0) is 13.1 Å².